The molecule has 1 heterocycles. The maximum absolute atomic E-state index is 11.9. The molecule has 2 aliphatic rings. The van der Waals surface area contributed by atoms with Crippen molar-refractivity contribution in [2.45, 2.75) is 36.5 Å². The number of hydrogen-bond acceptors (Lipinski definition) is 3. The molecule has 22 heavy (non-hydrogen) atoms. The SMILES string of the molecule is CS(=O)C1(CN=C(N)NC2CCOc3ccccc32)CCC1. The van der Waals surface area contributed by atoms with Crippen molar-refractivity contribution in [2.24, 2.45) is 10.7 Å². The minimum absolute atomic E-state index is 0.123. The molecule has 1 aromatic rings. The van der Waals surface area contributed by atoms with E-state index in [0.29, 0.717) is 19.1 Å². The van der Waals surface area contributed by atoms with Gasteiger partial charge in [0.1, 0.15) is 5.75 Å². The fourth-order valence-electron chi connectivity index (χ4n) is 3.05. The molecule has 120 valence electrons. The second-order valence-corrected chi connectivity index (χ2v) is 7.84. The number of nitrogens with two attached hydrogens (primary N) is 1. The van der Waals surface area contributed by atoms with Crippen LogP contribution in [0.2, 0.25) is 0 Å². The smallest absolute Gasteiger partial charge is 0.189 e. The van der Waals surface area contributed by atoms with Crippen molar-refractivity contribution in [1.82, 2.24) is 5.32 Å². The lowest BCUT2D eigenvalue weighted by Crippen LogP contribution is -2.45. The third-order valence-corrected chi connectivity index (χ3v) is 6.45. The number of aliphatic imine (C=N–C) groups is 1. The Morgan fingerprint density at radius 1 is 1.50 bits per heavy atom. The summed E-state index contributed by atoms with van der Waals surface area (Å²) in [5, 5.41) is 3.28. The topological polar surface area (TPSA) is 76.7 Å². The van der Waals surface area contributed by atoms with Gasteiger partial charge in [-0.3, -0.25) is 9.20 Å². The summed E-state index contributed by atoms with van der Waals surface area (Å²) in [7, 11) is -0.852. The Labute approximate surface area is 133 Å². The lowest BCUT2D eigenvalue weighted by Gasteiger charge is -2.38. The third kappa shape index (κ3) is 2.97. The van der Waals surface area contributed by atoms with Crippen molar-refractivity contribution in [3.8, 4) is 5.75 Å². The highest BCUT2D eigenvalue weighted by Gasteiger charge is 2.40. The maximum Gasteiger partial charge on any atom is 0.189 e. The van der Waals surface area contributed by atoms with E-state index in [1.165, 1.54) is 0 Å². The number of nitrogens with zero attached hydrogens (tertiary/aromatic N) is 1. The van der Waals surface area contributed by atoms with Gasteiger partial charge in [-0.2, -0.15) is 0 Å². The van der Waals surface area contributed by atoms with E-state index in [1.807, 2.05) is 24.3 Å². The molecule has 3 rings (SSSR count). The molecule has 0 saturated heterocycles. The van der Waals surface area contributed by atoms with Crippen molar-refractivity contribution in [1.29, 1.82) is 0 Å². The van der Waals surface area contributed by atoms with Crippen LogP contribution in [0.15, 0.2) is 29.3 Å². The Bertz CT molecular complexity index is 599. The van der Waals surface area contributed by atoms with Crippen LogP contribution in [0.1, 0.15) is 37.3 Å². The molecule has 0 bridgehead atoms. The van der Waals surface area contributed by atoms with Crippen molar-refractivity contribution >= 4 is 16.8 Å². The number of guanidine groups is 1. The number of rotatable bonds is 4. The monoisotopic (exact) mass is 321 g/mol. The Hall–Kier alpha value is -1.56. The van der Waals surface area contributed by atoms with E-state index in [1.54, 1.807) is 6.26 Å². The quantitative estimate of drug-likeness (QED) is 0.654. The molecule has 3 N–H and O–H groups in total. The zero-order valence-electron chi connectivity index (χ0n) is 12.9. The molecule has 1 aromatic carbocycles. The minimum Gasteiger partial charge on any atom is -0.493 e. The maximum atomic E-state index is 11.9. The number of benzene rings is 1. The van der Waals surface area contributed by atoms with Gasteiger partial charge in [-0.1, -0.05) is 24.6 Å². The van der Waals surface area contributed by atoms with Crippen LogP contribution in [0.4, 0.5) is 0 Å². The van der Waals surface area contributed by atoms with Crippen molar-refractivity contribution in [3.63, 3.8) is 0 Å². The third-order valence-electron chi connectivity index (χ3n) is 4.69. The highest BCUT2D eigenvalue weighted by Crippen LogP contribution is 2.37. The van der Waals surface area contributed by atoms with Crippen LogP contribution in [-0.2, 0) is 10.8 Å². The van der Waals surface area contributed by atoms with Crippen LogP contribution < -0.4 is 15.8 Å². The molecular weight excluding hydrogens is 298 g/mol. The van der Waals surface area contributed by atoms with Crippen LogP contribution in [0, 0.1) is 0 Å². The minimum atomic E-state index is -0.852. The summed E-state index contributed by atoms with van der Waals surface area (Å²) in [5.74, 6) is 1.34. The van der Waals surface area contributed by atoms with Gasteiger partial charge in [0.15, 0.2) is 5.96 Å². The van der Waals surface area contributed by atoms with E-state index >= 15 is 0 Å². The molecule has 1 aliphatic carbocycles. The fraction of sp³-hybridized carbons (Fsp3) is 0.562. The predicted octanol–water partition coefficient (Wildman–Crippen LogP) is 1.72. The van der Waals surface area contributed by atoms with E-state index in [9.17, 15) is 4.21 Å². The molecule has 1 saturated carbocycles. The zero-order valence-corrected chi connectivity index (χ0v) is 13.7. The fourth-order valence-corrected chi connectivity index (χ4v) is 4.16. The zero-order chi connectivity index (χ0) is 15.6. The molecule has 0 radical (unpaired) electrons. The van der Waals surface area contributed by atoms with E-state index in [4.69, 9.17) is 10.5 Å². The van der Waals surface area contributed by atoms with Gasteiger partial charge in [0.2, 0.25) is 0 Å². The van der Waals surface area contributed by atoms with Gasteiger partial charge < -0.3 is 15.8 Å². The molecule has 0 spiro atoms. The second-order valence-electron chi connectivity index (χ2n) is 6.06. The normalized spacial score (nSPS) is 24.6. The lowest BCUT2D eigenvalue weighted by molar-refractivity contribution is 0.262. The molecule has 2 atom stereocenters. The summed E-state index contributed by atoms with van der Waals surface area (Å²) in [5.41, 5.74) is 7.16. The lowest BCUT2D eigenvalue weighted by atomic mass is 9.84. The largest absolute Gasteiger partial charge is 0.493 e. The first-order valence-corrected chi connectivity index (χ1v) is 9.28. The Balaban J connectivity index is 1.66. The van der Waals surface area contributed by atoms with E-state index in [-0.39, 0.29) is 10.8 Å². The van der Waals surface area contributed by atoms with Crippen LogP contribution in [0.3, 0.4) is 0 Å². The van der Waals surface area contributed by atoms with Gasteiger partial charge in [-0.25, -0.2) is 0 Å². The van der Waals surface area contributed by atoms with Gasteiger partial charge in [-0.15, -0.1) is 0 Å². The Morgan fingerprint density at radius 2 is 2.27 bits per heavy atom. The average molecular weight is 321 g/mol. The molecular formula is C16H23N3O2S. The van der Waals surface area contributed by atoms with Crippen molar-refractivity contribution < 1.29 is 8.95 Å². The van der Waals surface area contributed by atoms with E-state index in [0.717, 1.165) is 37.0 Å². The Kier molecular flexibility index (Phi) is 4.38. The molecule has 5 nitrogen and oxygen atoms in total. The average Bonchev–Trinajstić information content (AvgIpc) is 2.46. The van der Waals surface area contributed by atoms with Crippen LogP contribution in [-0.4, -0.2) is 34.3 Å². The van der Waals surface area contributed by atoms with Gasteiger partial charge in [0.25, 0.3) is 0 Å². The van der Waals surface area contributed by atoms with Gasteiger partial charge in [-0.05, 0) is 18.9 Å². The summed E-state index contributed by atoms with van der Waals surface area (Å²) >= 11 is 0. The number of hydrogen-bond donors (Lipinski definition) is 2. The first kappa shape index (κ1) is 15.3. The van der Waals surface area contributed by atoms with E-state index in [2.05, 4.69) is 10.3 Å². The first-order valence-electron chi connectivity index (χ1n) is 7.72. The molecule has 6 heteroatoms. The number of ether oxygens (including phenoxy) is 1. The molecule has 0 amide bonds. The van der Waals surface area contributed by atoms with E-state index < -0.39 is 10.8 Å². The summed E-state index contributed by atoms with van der Waals surface area (Å²) in [6.07, 6.45) is 5.72. The van der Waals surface area contributed by atoms with Gasteiger partial charge in [0.05, 0.1) is 23.9 Å². The molecule has 2 unspecified atom stereocenters. The summed E-state index contributed by atoms with van der Waals surface area (Å²) < 4.78 is 17.4. The highest BCUT2D eigenvalue weighted by molar-refractivity contribution is 7.85. The number of fused-ring (bicyclic) bond motifs is 1. The highest BCUT2D eigenvalue weighted by atomic mass is 32.2. The molecule has 1 fully saturated rings. The molecule has 1 aliphatic heterocycles. The van der Waals surface area contributed by atoms with Crippen LogP contribution in [0.25, 0.3) is 0 Å². The van der Waals surface area contributed by atoms with Gasteiger partial charge in [0, 0.05) is 29.0 Å². The van der Waals surface area contributed by atoms with Crippen molar-refractivity contribution in [2.75, 3.05) is 19.4 Å². The van der Waals surface area contributed by atoms with Crippen LogP contribution in [0.5, 0.6) is 5.75 Å². The second kappa shape index (κ2) is 6.28. The predicted molar refractivity (Wildman–Crippen MR) is 89.6 cm³/mol. The Morgan fingerprint density at radius 3 is 2.95 bits per heavy atom. The van der Waals surface area contributed by atoms with Gasteiger partial charge >= 0.3 is 0 Å². The number of para-hydroxylation sites is 1. The summed E-state index contributed by atoms with van der Waals surface area (Å²) in [6, 6.07) is 8.11. The van der Waals surface area contributed by atoms with Crippen LogP contribution >= 0.6 is 0 Å². The number of nitrogens with one attached hydrogen (secondary N) is 1. The summed E-state index contributed by atoms with van der Waals surface area (Å²) in [4.78, 5) is 4.46. The van der Waals surface area contributed by atoms with Crippen molar-refractivity contribution in [3.05, 3.63) is 29.8 Å². The molecule has 0 aromatic heterocycles. The first-order chi connectivity index (χ1) is 10.6. The summed E-state index contributed by atoms with van der Waals surface area (Å²) in [6.45, 7) is 1.21. The standard InChI is InChI=1S/C16H23N3O2S/c1-22(20)16(8-4-9-16)11-18-15(17)19-13-7-10-21-14-6-3-2-5-12(13)14/h2-3,5-6,13H,4,7-11H2,1H3,(H3,17,18,19).